The van der Waals surface area contributed by atoms with E-state index in [1.165, 1.54) is 38.2 Å². The van der Waals surface area contributed by atoms with Crippen LogP contribution in [0, 0.1) is 0 Å². The van der Waals surface area contributed by atoms with Crippen LogP contribution in [0.5, 0.6) is 0 Å². The molecule has 2 bridgehead atoms. The van der Waals surface area contributed by atoms with E-state index in [0.717, 1.165) is 25.2 Å². The number of carbonyl (C=O) groups excluding carboxylic acids is 1. The third kappa shape index (κ3) is 1.49. The van der Waals surface area contributed by atoms with E-state index >= 15 is 0 Å². The molecule has 3 fully saturated rings. The molecule has 3 nitrogen and oxygen atoms in total. The van der Waals surface area contributed by atoms with E-state index in [2.05, 4.69) is 11.5 Å². The second-order valence-corrected chi connectivity index (χ2v) is 5.36. The van der Waals surface area contributed by atoms with E-state index in [1.807, 2.05) is 4.90 Å². The molecule has 2 atom stereocenters. The predicted molar refractivity (Wildman–Crippen MR) is 63.1 cm³/mol. The van der Waals surface area contributed by atoms with Crippen LogP contribution in [0.3, 0.4) is 0 Å². The first-order chi connectivity index (χ1) is 7.79. The number of piperidine rings is 1. The quantitative estimate of drug-likeness (QED) is 0.657. The number of nitrogens with zero attached hydrogens (tertiary/aromatic N) is 2. The lowest BCUT2D eigenvalue weighted by atomic mass is 9.96. The average Bonchev–Trinajstić information content (AvgIpc) is 2.49. The minimum atomic E-state index is 0.0978. The average molecular weight is 220 g/mol. The van der Waals surface area contributed by atoms with E-state index in [-0.39, 0.29) is 5.91 Å². The molecule has 0 N–H and O–H groups in total. The molecule has 3 saturated heterocycles. The minimum Gasteiger partial charge on any atom is -0.336 e. The zero-order valence-electron chi connectivity index (χ0n) is 9.77. The minimum absolute atomic E-state index is 0.0978. The van der Waals surface area contributed by atoms with Gasteiger partial charge in [-0.25, -0.2) is 0 Å². The summed E-state index contributed by atoms with van der Waals surface area (Å²) < 4.78 is 0. The summed E-state index contributed by atoms with van der Waals surface area (Å²) in [6, 6.07) is 2.29. The highest BCUT2D eigenvalue weighted by Crippen LogP contribution is 2.38. The van der Waals surface area contributed by atoms with Gasteiger partial charge in [-0.3, -0.25) is 9.69 Å². The second kappa shape index (κ2) is 3.88. The largest absolute Gasteiger partial charge is 0.336 e. The van der Waals surface area contributed by atoms with Crippen molar-refractivity contribution in [3.8, 4) is 0 Å². The Balaban J connectivity index is 1.60. The molecule has 0 saturated carbocycles. The van der Waals surface area contributed by atoms with Crippen LogP contribution in [0.25, 0.3) is 0 Å². The van der Waals surface area contributed by atoms with Crippen molar-refractivity contribution < 1.29 is 4.79 Å². The summed E-state index contributed by atoms with van der Waals surface area (Å²) in [7, 11) is 0. The van der Waals surface area contributed by atoms with Gasteiger partial charge in [0.1, 0.15) is 0 Å². The number of amides is 1. The monoisotopic (exact) mass is 220 g/mol. The molecule has 88 valence electrons. The van der Waals surface area contributed by atoms with Crippen LogP contribution in [0.1, 0.15) is 32.1 Å². The summed E-state index contributed by atoms with van der Waals surface area (Å²) in [5, 5.41) is 0. The molecular weight excluding hydrogens is 200 g/mol. The van der Waals surface area contributed by atoms with E-state index < -0.39 is 0 Å². The highest BCUT2D eigenvalue weighted by molar-refractivity contribution is 5.87. The summed E-state index contributed by atoms with van der Waals surface area (Å²) in [6.07, 6.45) is 8.37. The molecular formula is C13H20N2O. The number of carbonyl (C=O) groups is 1. The van der Waals surface area contributed by atoms with Crippen molar-refractivity contribution in [3.05, 3.63) is 12.7 Å². The summed E-state index contributed by atoms with van der Waals surface area (Å²) in [5.74, 6) is 0.0978. The first-order valence-electron chi connectivity index (χ1n) is 6.48. The molecule has 0 aromatic carbocycles. The maximum Gasteiger partial charge on any atom is 0.246 e. The number of hydrogen-bond donors (Lipinski definition) is 0. The van der Waals surface area contributed by atoms with Gasteiger partial charge >= 0.3 is 0 Å². The standard InChI is InChI=1S/C13H20N2O/c1-2-13(16)14-8-12(9-14)15-10-4-3-5-11(15)7-6-10/h2,10-12H,1,3-9H2/t10-,11+. The lowest BCUT2D eigenvalue weighted by Gasteiger charge is -2.49. The van der Waals surface area contributed by atoms with Gasteiger partial charge in [-0.15, -0.1) is 0 Å². The molecule has 0 aliphatic carbocycles. The van der Waals surface area contributed by atoms with Crippen LogP contribution in [0.2, 0.25) is 0 Å². The summed E-state index contributed by atoms with van der Waals surface area (Å²) in [4.78, 5) is 16.0. The third-order valence-corrected chi connectivity index (χ3v) is 4.52. The topological polar surface area (TPSA) is 23.6 Å². The Bertz CT molecular complexity index is 293. The van der Waals surface area contributed by atoms with Gasteiger partial charge in [0.15, 0.2) is 0 Å². The van der Waals surface area contributed by atoms with E-state index in [9.17, 15) is 4.79 Å². The molecule has 0 aromatic heterocycles. The van der Waals surface area contributed by atoms with Gasteiger partial charge < -0.3 is 4.90 Å². The maximum absolute atomic E-state index is 11.4. The maximum atomic E-state index is 11.4. The molecule has 0 aromatic rings. The molecule has 0 unspecified atom stereocenters. The number of fused-ring (bicyclic) bond motifs is 2. The fourth-order valence-corrected chi connectivity index (χ4v) is 3.71. The Kier molecular flexibility index (Phi) is 2.51. The van der Waals surface area contributed by atoms with E-state index in [1.54, 1.807) is 0 Å². The number of rotatable bonds is 2. The zero-order valence-corrected chi connectivity index (χ0v) is 9.77. The highest BCUT2D eigenvalue weighted by atomic mass is 16.2. The van der Waals surface area contributed by atoms with Gasteiger partial charge in [0.25, 0.3) is 0 Å². The fraction of sp³-hybridized carbons (Fsp3) is 0.769. The molecule has 0 spiro atoms. The molecule has 3 aliphatic heterocycles. The molecule has 3 heteroatoms. The molecule has 0 radical (unpaired) electrons. The number of hydrogen-bond acceptors (Lipinski definition) is 2. The van der Waals surface area contributed by atoms with E-state index in [4.69, 9.17) is 0 Å². The Morgan fingerprint density at radius 3 is 2.25 bits per heavy atom. The van der Waals surface area contributed by atoms with Crippen molar-refractivity contribution >= 4 is 5.91 Å². The zero-order chi connectivity index (χ0) is 11.1. The summed E-state index contributed by atoms with van der Waals surface area (Å²) in [6.45, 7) is 5.40. The second-order valence-electron chi connectivity index (χ2n) is 5.36. The first kappa shape index (κ1) is 10.3. The van der Waals surface area contributed by atoms with Gasteiger partial charge in [-0.2, -0.15) is 0 Å². The van der Waals surface area contributed by atoms with Crippen LogP contribution < -0.4 is 0 Å². The summed E-state index contributed by atoms with van der Waals surface area (Å²) in [5.41, 5.74) is 0. The molecule has 3 rings (SSSR count). The Morgan fingerprint density at radius 2 is 1.69 bits per heavy atom. The van der Waals surface area contributed by atoms with E-state index in [0.29, 0.717) is 6.04 Å². The van der Waals surface area contributed by atoms with Crippen LogP contribution in [0.4, 0.5) is 0 Å². The molecule has 1 amide bonds. The normalized spacial score (nSPS) is 34.9. The SMILES string of the molecule is C=CC(=O)N1CC(N2[C@@H]3CCC[C@H]2CC3)C1. The lowest BCUT2D eigenvalue weighted by Crippen LogP contribution is -2.64. The third-order valence-electron chi connectivity index (χ3n) is 4.52. The van der Waals surface area contributed by atoms with Crippen LogP contribution in [-0.4, -0.2) is 46.9 Å². The van der Waals surface area contributed by atoms with Crippen LogP contribution in [-0.2, 0) is 4.79 Å². The molecule has 3 heterocycles. The lowest BCUT2D eigenvalue weighted by molar-refractivity contribution is -0.134. The van der Waals surface area contributed by atoms with Crippen molar-refractivity contribution in [2.24, 2.45) is 0 Å². The van der Waals surface area contributed by atoms with Crippen LogP contribution >= 0.6 is 0 Å². The smallest absolute Gasteiger partial charge is 0.246 e. The Labute approximate surface area is 97.1 Å². The molecule has 3 aliphatic rings. The van der Waals surface area contributed by atoms with Crippen molar-refractivity contribution in [3.63, 3.8) is 0 Å². The predicted octanol–water partition coefficient (Wildman–Crippen LogP) is 1.40. The van der Waals surface area contributed by atoms with Gasteiger partial charge in [-0.1, -0.05) is 13.0 Å². The highest BCUT2D eigenvalue weighted by Gasteiger charge is 2.44. The Hall–Kier alpha value is -0.830. The van der Waals surface area contributed by atoms with Crippen LogP contribution in [0.15, 0.2) is 12.7 Å². The van der Waals surface area contributed by atoms with Gasteiger partial charge in [-0.05, 0) is 31.8 Å². The van der Waals surface area contributed by atoms with Crippen molar-refractivity contribution in [2.45, 2.75) is 50.2 Å². The van der Waals surface area contributed by atoms with Crippen molar-refractivity contribution in [1.29, 1.82) is 0 Å². The molecule has 16 heavy (non-hydrogen) atoms. The first-order valence-corrected chi connectivity index (χ1v) is 6.48. The van der Waals surface area contributed by atoms with Gasteiger partial charge in [0.2, 0.25) is 5.91 Å². The van der Waals surface area contributed by atoms with Gasteiger partial charge in [0.05, 0.1) is 0 Å². The number of likely N-dealkylation sites (tertiary alicyclic amines) is 1. The Morgan fingerprint density at radius 1 is 1.06 bits per heavy atom. The van der Waals surface area contributed by atoms with Gasteiger partial charge in [0, 0.05) is 31.2 Å². The fourth-order valence-electron chi connectivity index (χ4n) is 3.71. The summed E-state index contributed by atoms with van der Waals surface area (Å²) >= 11 is 0. The van der Waals surface area contributed by atoms with Crippen molar-refractivity contribution in [1.82, 2.24) is 9.80 Å². The van der Waals surface area contributed by atoms with Crippen molar-refractivity contribution in [2.75, 3.05) is 13.1 Å².